The Morgan fingerprint density at radius 2 is 2.17 bits per heavy atom. The average molecular weight is 221 g/mol. The Kier molecular flexibility index (Phi) is 1.63. The first-order valence-electron chi connectivity index (χ1n) is 3.48. The van der Waals surface area contributed by atoms with Crippen LogP contribution in [0.4, 0.5) is 0 Å². The van der Waals surface area contributed by atoms with E-state index in [1.165, 1.54) is 0 Å². The van der Waals surface area contributed by atoms with Crippen molar-refractivity contribution in [2.45, 2.75) is 0 Å². The second-order valence-corrected chi connectivity index (χ2v) is 3.28. The summed E-state index contributed by atoms with van der Waals surface area (Å²) in [5.41, 5.74) is 1.70. The minimum absolute atomic E-state index is 0.682. The lowest BCUT2D eigenvalue weighted by Crippen LogP contribution is -1.77. The molecule has 0 radical (unpaired) electrons. The summed E-state index contributed by atoms with van der Waals surface area (Å²) in [6.45, 7) is 0. The van der Waals surface area contributed by atoms with Gasteiger partial charge in [0.05, 0.1) is 33.3 Å². The maximum Gasteiger partial charge on any atom is 0.0992 e. The van der Waals surface area contributed by atoms with E-state index in [-0.39, 0.29) is 0 Å². The van der Waals surface area contributed by atoms with Crippen LogP contribution in [-0.2, 0) is 0 Å². The summed E-state index contributed by atoms with van der Waals surface area (Å²) in [5, 5.41) is 9.78. The molecule has 0 saturated carbocycles. The van der Waals surface area contributed by atoms with Crippen LogP contribution in [0, 0.1) is 11.3 Å². The molecular formula is C9H5BrN2. The fourth-order valence-electron chi connectivity index (χ4n) is 1.17. The predicted octanol–water partition coefficient (Wildman–Crippen LogP) is 2.67. The van der Waals surface area contributed by atoms with Gasteiger partial charge in [0.15, 0.2) is 0 Å². The highest BCUT2D eigenvalue weighted by Crippen LogP contribution is 2.18. The fraction of sp³-hybridized carbons (Fsp3) is 0. The largest absolute Gasteiger partial charge is 0.284 e. The molecule has 0 N–H and O–H groups in total. The van der Waals surface area contributed by atoms with E-state index in [0.29, 0.717) is 5.56 Å². The lowest BCUT2D eigenvalue weighted by Gasteiger charge is -1.93. The van der Waals surface area contributed by atoms with Crippen molar-refractivity contribution in [3.05, 3.63) is 36.0 Å². The molecule has 0 aliphatic rings. The second-order valence-electron chi connectivity index (χ2n) is 2.51. The van der Waals surface area contributed by atoms with Gasteiger partial charge in [0.2, 0.25) is 0 Å². The zero-order valence-electron chi connectivity index (χ0n) is 6.16. The zero-order valence-corrected chi connectivity index (χ0v) is 7.75. The molecular weight excluding hydrogens is 216 g/mol. The van der Waals surface area contributed by atoms with Crippen LogP contribution >= 0.6 is 16.1 Å². The van der Waals surface area contributed by atoms with Crippen molar-refractivity contribution >= 4 is 27.1 Å². The van der Waals surface area contributed by atoms with Gasteiger partial charge in [0, 0.05) is 11.6 Å². The van der Waals surface area contributed by atoms with E-state index in [1.54, 1.807) is 0 Å². The molecule has 1 heterocycles. The Labute approximate surface area is 78.4 Å². The molecule has 0 atom stereocenters. The molecule has 3 heteroatoms. The van der Waals surface area contributed by atoms with Gasteiger partial charge in [-0.05, 0) is 18.2 Å². The van der Waals surface area contributed by atoms with Gasteiger partial charge in [-0.1, -0.05) is 6.07 Å². The molecule has 2 rings (SSSR count). The standard InChI is InChI=1S/C9H5BrN2/c10-12-4-3-8-2-1-7(6-11)5-9(8)12/h1-5H. The Balaban J connectivity index is 2.82. The highest BCUT2D eigenvalue weighted by molar-refractivity contribution is 9.08. The van der Waals surface area contributed by atoms with Crippen LogP contribution in [0.3, 0.4) is 0 Å². The van der Waals surface area contributed by atoms with Crippen molar-refractivity contribution in [2.75, 3.05) is 0 Å². The number of hydrogen-bond acceptors (Lipinski definition) is 1. The monoisotopic (exact) mass is 220 g/mol. The van der Waals surface area contributed by atoms with Crippen molar-refractivity contribution in [1.29, 1.82) is 5.26 Å². The molecule has 1 aromatic carbocycles. The molecule has 0 aliphatic heterocycles. The number of nitriles is 1. The van der Waals surface area contributed by atoms with Gasteiger partial charge in [-0.25, -0.2) is 0 Å². The summed E-state index contributed by atoms with van der Waals surface area (Å²) in [6.07, 6.45) is 1.91. The Hall–Kier alpha value is -1.27. The molecule has 0 amide bonds. The molecule has 0 bridgehead atoms. The van der Waals surface area contributed by atoms with Crippen LogP contribution in [0.25, 0.3) is 10.9 Å². The van der Waals surface area contributed by atoms with Gasteiger partial charge in [0.1, 0.15) is 0 Å². The van der Waals surface area contributed by atoms with E-state index in [9.17, 15) is 0 Å². The third kappa shape index (κ3) is 1.01. The van der Waals surface area contributed by atoms with Crippen molar-refractivity contribution in [1.82, 2.24) is 3.59 Å². The number of fused-ring (bicyclic) bond motifs is 1. The minimum Gasteiger partial charge on any atom is -0.284 e. The van der Waals surface area contributed by atoms with Gasteiger partial charge < -0.3 is 0 Å². The fourth-order valence-corrected chi connectivity index (χ4v) is 1.59. The van der Waals surface area contributed by atoms with Crippen LogP contribution in [-0.4, -0.2) is 3.59 Å². The van der Waals surface area contributed by atoms with E-state index in [2.05, 4.69) is 22.2 Å². The maximum atomic E-state index is 8.65. The predicted molar refractivity (Wildman–Crippen MR) is 51.0 cm³/mol. The molecule has 0 fully saturated rings. The average Bonchev–Trinajstić information content (AvgIpc) is 2.47. The highest BCUT2D eigenvalue weighted by Gasteiger charge is 1.98. The molecule has 0 spiro atoms. The SMILES string of the molecule is N#Cc1ccc2ccn(Br)c2c1. The Morgan fingerprint density at radius 3 is 2.92 bits per heavy atom. The highest BCUT2D eigenvalue weighted by atomic mass is 79.9. The smallest absolute Gasteiger partial charge is 0.0992 e. The van der Waals surface area contributed by atoms with E-state index in [1.807, 2.05) is 34.1 Å². The van der Waals surface area contributed by atoms with E-state index in [0.717, 1.165) is 10.9 Å². The molecule has 0 unspecified atom stereocenters. The third-order valence-electron chi connectivity index (χ3n) is 1.77. The Bertz CT molecular complexity index is 465. The van der Waals surface area contributed by atoms with Crippen molar-refractivity contribution < 1.29 is 0 Å². The van der Waals surface area contributed by atoms with Crippen molar-refractivity contribution in [3.63, 3.8) is 0 Å². The first kappa shape index (κ1) is 7.38. The van der Waals surface area contributed by atoms with Crippen LogP contribution in [0.1, 0.15) is 5.56 Å². The summed E-state index contributed by atoms with van der Waals surface area (Å²) < 4.78 is 1.82. The van der Waals surface area contributed by atoms with Crippen LogP contribution in [0.15, 0.2) is 30.5 Å². The number of rotatable bonds is 0. The van der Waals surface area contributed by atoms with Crippen molar-refractivity contribution in [3.8, 4) is 6.07 Å². The van der Waals surface area contributed by atoms with Gasteiger partial charge in [-0.3, -0.25) is 3.59 Å². The van der Waals surface area contributed by atoms with E-state index < -0.39 is 0 Å². The molecule has 0 aliphatic carbocycles. The third-order valence-corrected chi connectivity index (χ3v) is 2.39. The van der Waals surface area contributed by atoms with Gasteiger partial charge in [-0.2, -0.15) is 5.26 Å². The zero-order chi connectivity index (χ0) is 8.55. The number of hydrogen-bond donors (Lipinski definition) is 0. The first-order valence-corrected chi connectivity index (χ1v) is 4.19. The summed E-state index contributed by atoms with van der Waals surface area (Å²) >= 11 is 3.34. The topological polar surface area (TPSA) is 28.7 Å². The number of halogens is 1. The van der Waals surface area contributed by atoms with Gasteiger partial charge >= 0.3 is 0 Å². The number of benzene rings is 1. The van der Waals surface area contributed by atoms with Gasteiger partial charge in [-0.15, -0.1) is 0 Å². The van der Waals surface area contributed by atoms with Crippen LogP contribution < -0.4 is 0 Å². The minimum atomic E-state index is 0.682. The number of nitrogens with zero attached hydrogens (tertiary/aromatic N) is 2. The van der Waals surface area contributed by atoms with E-state index >= 15 is 0 Å². The summed E-state index contributed by atoms with van der Waals surface area (Å²) in [7, 11) is 0. The van der Waals surface area contributed by atoms with Gasteiger partial charge in [0.25, 0.3) is 0 Å². The molecule has 58 valence electrons. The summed E-state index contributed by atoms with van der Waals surface area (Å²) in [5.74, 6) is 0. The molecule has 12 heavy (non-hydrogen) atoms. The number of aromatic nitrogens is 1. The van der Waals surface area contributed by atoms with Crippen LogP contribution in [0.5, 0.6) is 0 Å². The molecule has 2 aromatic rings. The second kappa shape index (κ2) is 2.65. The lowest BCUT2D eigenvalue weighted by molar-refractivity contribution is 1.38. The van der Waals surface area contributed by atoms with Crippen LogP contribution in [0.2, 0.25) is 0 Å². The van der Waals surface area contributed by atoms with Crippen molar-refractivity contribution in [2.24, 2.45) is 0 Å². The first-order chi connectivity index (χ1) is 5.81. The molecule has 2 nitrogen and oxygen atoms in total. The normalized spacial score (nSPS) is 10.0. The lowest BCUT2D eigenvalue weighted by atomic mass is 10.2. The molecule has 1 aromatic heterocycles. The maximum absolute atomic E-state index is 8.65. The summed E-state index contributed by atoms with van der Waals surface area (Å²) in [4.78, 5) is 0. The van der Waals surface area contributed by atoms with E-state index in [4.69, 9.17) is 5.26 Å². The Morgan fingerprint density at radius 1 is 1.33 bits per heavy atom. The summed E-state index contributed by atoms with van der Waals surface area (Å²) in [6, 6.07) is 9.70. The quantitative estimate of drug-likeness (QED) is 0.672. The molecule has 0 saturated heterocycles.